The molecule has 8 N–H and O–H groups in total. The molecule has 1 fully saturated rings. The molecular weight excluding hydrogens is 1210 g/mol. The van der Waals surface area contributed by atoms with Crippen LogP contribution in [0.15, 0.2) is 34.2 Å². The van der Waals surface area contributed by atoms with E-state index in [-0.39, 0.29) is 108 Å². The maximum Gasteiger partial charge on any atom is 0.335 e. The van der Waals surface area contributed by atoms with E-state index in [4.69, 9.17) is 24.7 Å². The number of nitrogens with two attached hydrogens (primary N) is 1. The molecule has 2 aromatic carbocycles. The molecule has 28 nitrogen and oxygen atoms in total. The van der Waals surface area contributed by atoms with Gasteiger partial charge in [-0.3, -0.25) is 62.9 Å². The quantitative estimate of drug-likeness (QED) is 0.0244. The third kappa shape index (κ3) is 26.6. The number of rotatable bonds is 25. The molecule has 0 radical (unpaired) electrons. The molecule has 2 aliphatic rings. The van der Waals surface area contributed by atoms with E-state index in [1.54, 1.807) is 95.2 Å². The Hall–Kier alpha value is -7.47. The van der Waals surface area contributed by atoms with Crippen LogP contribution < -0.4 is 36.5 Å². The molecule has 0 aliphatic carbocycles. The summed E-state index contributed by atoms with van der Waals surface area (Å²) >= 11 is 0. The number of sulfonamides is 1. The Morgan fingerprint density at radius 2 is 1.13 bits per heavy atom. The summed E-state index contributed by atoms with van der Waals surface area (Å²) in [7, 11) is -1.02. The summed E-state index contributed by atoms with van der Waals surface area (Å²) in [6, 6.07) is 2.85. The van der Waals surface area contributed by atoms with E-state index in [0.717, 1.165) is 5.56 Å². The first-order valence-electron chi connectivity index (χ1n) is 30.9. The van der Waals surface area contributed by atoms with Crippen molar-refractivity contribution in [3.05, 3.63) is 57.6 Å². The number of fused-ring (bicyclic) bond motifs is 1. The Kier molecular flexibility index (Phi) is 27.9. The van der Waals surface area contributed by atoms with Crippen molar-refractivity contribution in [3.8, 4) is 5.75 Å². The number of guanidine groups is 1. The summed E-state index contributed by atoms with van der Waals surface area (Å²) in [4.78, 5) is 133. The highest BCUT2D eigenvalue weighted by atomic mass is 32.2. The summed E-state index contributed by atoms with van der Waals surface area (Å²) in [5, 5.41) is 19.8. The molecule has 2 aliphatic heterocycles. The van der Waals surface area contributed by atoms with Gasteiger partial charge in [0.25, 0.3) is 10.0 Å². The van der Waals surface area contributed by atoms with E-state index in [1.807, 2.05) is 35.5 Å². The first kappa shape index (κ1) is 77.0. The number of hydrogen-bond donors (Lipinski definition) is 7. The van der Waals surface area contributed by atoms with Gasteiger partial charge in [-0.05, 0) is 144 Å². The molecule has 1 saturated heterocycles. The Bertz CT molecular complexity index is 3070. The third-order valence-corrected chi connectivity index (χ3v) is 16.1. The minimum Gasteiger partial charge on any atom is -0.487 e. The zero-order valence-corrected chi connectivity index (χ0v) is 57.5. The maximum absolute atomic E-state index is 14.5. The van der Waals surface area contributed by atoms with Crippen molar-refractivity contribution < 1.29 is 75.6 Å². The number of primary amides is 1. The molecular formula is C63H100N12O16S. The molecule has 29 heteroatoms. The Labute approximate surface area is 541 Å². The standard InChI is InChI=1S/C63H100N12O16S/c1-40-41(2)55(42(3)45-33-63(13,14)91-54(40)45)92(86,87)70-59(71(15)16)65-23-17-18-46(56(82)67-35-49(77)69-47(32-51(79)88-60(4,5)6)57(83)66-34-43-19-21-44(22-20-43)58(84)85)68-50(78)37-73-26-30-74(38-52(80)89-61(7,8)9)28-24-72(36-48(64)76)25-29-75(31-27-73)39-53(81)90-62(10,11)12/h19-22,46-47H,17-18,23-39H2,1-16H3,(H2,64,76)(H,65,70)(H,66,83)(H,67,82)(H,68,78)(H,69,77)(H,84,85)/t46-,47?/m0/s1. The van der Waals surface area contributed by atoms with Crippen LogP contribution >= 0.6 is 0 Å². The van der Waals surface area contributed by atoms with E-state index >= 15 is 0 Å². The van der Waals surface area contributed by atoms with Gasteiger partial charge in [-0.1, -0.05) is 12.1 Å². The van der Waals surface area contributed by atoms with Crippen LogP contribution in [0, 0.1) is 20.8 Å². The minimum absolute atomic E-state index is 0.0152. The molecule has 0 aromatic heterocycles. The number of carbonyl (C=O) groups is 9. The van der Waals surface area contributed by atoms with Crippen LogP contribution in [-0.2, 0) is 75.6 Å². The predicted octanol–water partition coefficient (Wildman–Crippen LogP) is 1.52. The monoisotopic (exact) mass is 1310 g/mol. The molecule has 2 heterocycles. The van der Waals surface area contributed by atoms with Crippen LogP contribution in [0.1, 0.15) is 134 Å². The van der Waals surface area contributed by atoms with Gasteiger partial charge in [-0.15, -0.1) is 0 Å². The molecule has 1 unspecified atom stereocenters. The van der Waals surface area contributed by atoms with Crippen LogP contribution in [0.2, 0.25) is 0 Å². The van der Waals surface area contributed by atoms with E-state index in [0.29, 0.717) is 47.5 Å². The summed E-state index contributed by atoms with van der Waals surface area (Å²) in [6.07, 6.45) is -0.115. The van der Waals surface area contributed by atoms with Gasteiger partial charge in [0.1, 0.15) is 40.2 Å². The summed E-state index contributed by atoms with van der Waals surface area (Å²) in [5.74, 6) is -6.00. The highest BCUT2D eigenvalue weighted by Crippen LogP contribution is 2.43. The number of amides is 5. The highest BCUT2D eigenvalue weighted by Gasteiger charge is 2.38. The fourth-order valence-corrected chi connectivity index (χ4v) is 11.9. The average Bonchev–Trinajstić information content (AvgIpc) is 1.52. The van der Waals surface area contributed by atoms with Gasteiger partial charge < -0.3 is 56.0 Å². The number of ether oxygens (including phenoxy) is 4. The SMILES string of the molecule is Cc1c(C)c(S(=O)(=O)NC(=NCCC[C@H](NC(=O)CN2CCN(CC(=O)OC(C)(C)C)CCN(CC(N)=O)CCN(CC(=O)OC(C)(C)C)CC2)C(=O)NCC(=O)NC(CC(=O)OC(C)(C)C)C(=O)NCc2ccc(C(=O)O)cc2)N(C)C)c(C)c2c1OC(C)(C)C2. The fourth-order valence-electron chi connectivity index (χ4n) is 10.2. The van der Waals surface area contributed by atoms with Gasteiger partial charge in [0.2, 0.25) is 35.5 Å². The van der Waals surface area contributed by atoms with Crippen LogP contribution in [0.5, 0.6) is 5.75 Å². The number of aromatic carboxylic acids is 1. The molecule has 0 saturated carbocycles. The van der Waals surface area contributed by atoms with Crippen LogP contribution in [0.3, 0.4) is 0 Å². The first-order valence-corrected chi connectivity index (χ1v) is 32.3. The number of carbonyl (C=O) groups excluding carboxylic acids is 8. The Morgan fingerprint density at radius 1 is 0.663 bits per heavy atom. The number of benzene rings is 2. The summed E-state index contributed by atoms with van der Waals surface area (Å²) in [6.45, 7) is 25.0. The largest absolute Gasteiger partial charge is 0.487 e. The lowest BCUT2D eigenvalue weighted by atomic mass is 9.94. The van der Waals surface area contributed by atoms with Gasteiger partial charge >= 0.3 is 23.9 Å². The summed E-state index contributed by atoms with van der Waals surface area (Å²) in [5.41, 5.74) is 5.71. The predicted molar refractivity (Wildman–Crippen MR) is 344 cm³/mol. The lowest BCUT2D eigenvalue weighted by molar-refractivity contribution is -0.157. The van der Waals surface area contributed by atoms with Crippen LogP contribution in [0.4, 0.5) is 0 Å². The lowest BCUT2D eigenvalue weighted by Gasteiger charge is -2.34. The number of carboxylic acid groups (broad SMARTS) is 1. The highest BCUT2D eigenvalue weighted by molar-refractivity contribution is 7.90. The number of carboxylic acids is 1. The van der Waals surface area contributed by atoms with Gasteiger partial charge in [-0.25, -0.2) is 17.9 Å². The molecule has 0 bridgehead atoms. The van der Waals surface area contributed by atoms with Crippen LogP contribution in [-0.4, -0.2) is 238 Å². The molecule has 0 spiro atoms. The second-order valence-electron chi connectivity index (χ2n) is 27.1. The number of hydrogen-bond acceptors (Lipinski definition) is 20. The Morgan fingerprint density at radius 3 is 1.61 bits per heavy atom. The van der Waals surface area contributed by atoms with Crippen LogP contribution in [0.25, 0.3) is 0 Å². The van der Waals surface area contributed by atoms with Crippen molar-refractivity contribution in [3.63, 3.8) is 0 Å². The minimum atomic E-state index is -4.24. The molecule has 514 valence electrons. The number of nitrogens with one attached hydrogen (secondary N) is 5. The molecule has 5 amide bonds. The maximum atomic E-state index is 14.5. The normalized spacial score (nSPS) is 16.4. The molecule has 4 rings (SSSR count). The van der Waals surface area contributed by atoms with E-state index in [9.17, 15) is 56.7 Å². The second-order valence-corrected chi connectivity index (χ2v) is 28.7. The fraction of sp³-hybridized carbons (Fsp3) is 0.651. The zero-order valence-electron chi connectivity index (χ0n) is 56.6. The van der Waals surface area contributed by atoms with Crippen molar-refractivity contribution in [1.82, 2.24) is 50.5 Å². The van der Waals surface area contributed by atoms with E-state index in [2.05, 4.69) is 31.0 Å². The number of aliphatic imine (C=N–C) groups is 1. The summed E-state index contributed by atoms with van der Waals surface area (Å²) < 4.78 is 54.3. The van der Waals surface area contributed by atoms with Gasteiger partial charge in [-0.2, -0.15) is 0 Å². The third-order valence-electron chi connectivity index (χ3n) is 14.5. The van der Waals surface area contributed by atoms with Crippen molar-refractivity contribution in [2.24, 2.45) is 10.7 Å². The lowest BCUT2D eigenvalue weighted by Crippen LogP contribution is -2.54. The van der Waals surface area contributed by atoms with Crippen molar-refractivity contribution in [2.75, 3.05) is 106 Å². The number of nitrogens with zero attached hydrogens (tertiary/aromatic N) is 6. The molecule has 2 aromatic rings. The average molecular weight is 1310 g/mol. The molecule has 2 atom stereocenters. The van der Waals surface area contributed by atoms with Crippen molar-refractivity contribution in [2.45, 2.75) is 169 Å². The Balaban J connectivity index is 1.65. The zero-order chi connectivity index (χ0) is 69.3. The van der Waals surface area contributed by atoms with Gasteiger partial charge in [0.15, 0.2) is 0 Å². The first-order chi connectivity index (χ1) is 42.5. The number of esters is 3. The van der Waals surface area contributed by atoms with Gasteiger partial charge in [0, 0.05) is 91.5 Å². The molecule has 92 heavy (non-hydrogen) atoms. The van der Waals surface area contributed by atoms with Crippen molar-refractivity contribution >= 4 is 69.4 Å². The van der Waals surface area contributed by atoms with E-state index < -0.39 is 111 Å². The topological polar surface area (TPSA) is 360 Å². The second kappa shape index (κ2) is 33.4. The van der Waals surface area contributed by atoms with Gasteiger partial charge in [0.05, 0.1) is 49.6 Å². The smallest absolute Gasteiger partial charge is 0.335 e. The van der Waals surface area contributed by atoms with Crippen molar-refractivity contribution in [1.29, 1.82) is 0 Å². The van der Waals surface area contributed by atoms with E-state index in [1.165, 1.54) is 29.2 Å².